The van der Waals surface area contributed by atoms with Gasteiger partial charge in [-0.3, -0.25) is 4.79 Å². The molecule has 2 aliphatic rings. The first-order valence-corrected chi connectivity index (χ1v) is 11.2. The average molecular weight is 413 g/mol. The van der Waals surface area contributed by atoms with E-state index in [1.54, 1.807) is 11.8 Å². The molecular formula is C25H32O3S. The summed E-state index contributed by atoms with van der Waals surface area (Å²) >= 11 is 1.67. The zero-order valence-electron chi connectivity index (χ0n) is 18.4. The van der Waals surface area contributed by atoms with Crippen LogP contribution in [0.1, 0.15) is 58.2 Å². The maximum Gasteiger partial charge on any atom is 0.161 e. The summed E-state index contributed by atoms with van der Waals surface area (Å²) in [5.41, 5.74) is 4.14. The number of hydrogen-bond donors (Lipinski definition) is 0. The number of ketones is 1. The Labute approximate surface area is 179 Å². The molecule has 0 saturated carbocycles. The third kappa shape index (κ3) is 5.57. The van der Waals surface area contributed by atoms with E-state index in [2.05, 4.69) is 71.9 Å². The van der Waals surface area contributed by atoms with E-state index in [-0.39, 0.29) is 10.8 Å². The number of ether oxygens (including phenoxy) is 2. The van der Waals surface area contributed by atoms with Crippen molar-refractivity contribution < 1.29 is 14.3 Å². The third-order valence-electron chi connectivity index (χ3n) is 5.11. The van der Waals surface area contributed by atoms with Gasteiger partial charge in [-0.05, 0) is 45.7 Å². The Morgan fingerprint density at radius 3 is 2.03 bits per heavy atom. The Kier molecular flexibility index (Phi) is 6.33. The zero-order chi connectivity index (χ0) is 21.2. The molecular weight excluding hydrogens is 380 g/mol. The number of fused-ring (bicyclic) bond motifs is 2. The van der Waals surface area contributed by atoms with Crippen molar-refractivity contribution in [3.8, 4) is 11.5 Å². The first kappa shape index (κ1) is 21.8. The van der Waals surface area contributed by atoms with Crippen molar-refractivity contribution in [1.82, 2.24) is 0 Å². The molecule has 0 aliphatic carbocycles. The quantitative estimate of drug-likeness (QED) is 0.535. The van der Waals surface area contributed by atoms with Crippen LogP contribution in [0.2, 0.25) is 0 Å². The largest absolute Gasteiger partial charge is 0.486 e. The molecule has 2 aliphatic heterocycles. The van der Waals surface area contributed by atoms with Gasteiger partial charge in [-0.1, -0.05) is 59.7 Å². The fourth-order valence-corrected chi connectivity index (χ4v) is 4.16. The molecule has 0 unspecified atom stereocenters. The molecule has 156 valence electrons. The van der Waals surface area contributed by atoms with Gasteiger partial charge in [-0.25, -0.2) is 0 Å². The number of carbonyl (C=O) groups excluding carboxylic acids is 1. The molecule has 29 heavy (non-hydrogen) atoms. The molecule has 0 N–H and O–H groups in total. The Balaban J connectivity index is 0.000000166. The van der Waals surface area contributed by atoms with Gasteiger partial charge >= 0.3 is 0 Å². The summed E-state index contributed by atoms with van der Waals surface area (Å²) in [6.07, 6.45) is 0.617. The van der Waals surface area contributed by atoms with Crippen LogP contribution in [0.4, 0.5) is 0 Å². The fraction of sp³-hybridized carbons (Fsp3) is 0.480. The molecule has 0 bridgehead atoms. The normalized spacial score (nSPS) is 15.9. The second kappa shape index (κ2) is 8.43. The highest BCUT2D eigenvalue weighted by molar-refractivity contribution is 8.00. The third-order valence-corrected chi connectivity index (χ3v) is 6.29. The molecule has 4 heteroatoms. The second-order valence-corrected chi connectivity index (χ2v) is 10.7. The lowest BCUT2D eigenvalue weighted by Gasteiger charge is -2.23. The van der Waals surface area contributed by atoms with Gasteiger partial charge in [0, 0.05) is 11.3 Å². The van der Waals surface area contributed by atoms with Crippen molar-refractivity contribution in [3.05, 3.63) is 53.1 Å². The van der Waals surface area contributed by atoms with Gasteiger partial charge in [0.15, 0.2) is 11.5 Å². The molecule has 4 rings (SSSR count). The molecule has 0 saturated heterocycles. The Bertz CT molecular complexity index is 888. The molecule has 0 atom stereocenters. The summed E-state index contributed by atoms with van der Waals surface area (Å²) < 4.78 is 11.0. The predicted molar refractivity (Wildman–Crippen MR) is 121 cm³/mol. The van der Waals surface area contributed by atoms with E-state index >= 15 is 0 Å². The van der Waals surface area contributed by atoms with Crippen molar-refractivity contribution >= 4 is 17.5 Å². The van der Waals surface area contributed by atoms with E-state index in [0.717, 1.165) is 11.5 Å². The van der Waals surface area contributed by atoms with Crippen LogP contribution in [0.15, 0.2) is 41.3 Å². The monoisotopic (exact) mass is 412 g/mol. The van der Waals surface area contributed by atoms with Crippen LogP contribution in [-0.2, 0) is 22.0 Å². The van der Waals surface area contributed by atoms with Gasteiger partial charge in [-0.2, -0.15) is 0 Å². The van der Waals surface area contributed by atoms with Crippen LogP contribution in [0, 0.1) is 0 Å². The Hall–Kier alpha value is -1.94. The first-order chi connectivity index (χ1) is 13.5. The van der Waals surface area contributed by atoms with Crippen LogP contribution < -0.4 is 9.47 Å². The van der Waals surface area contributed by atoms with Crippen LogP contribution in [-0.4, -0.2) is 24.7 Å². The number of hydrogen-bond acceptors (Lipinski definition) is 4. The van der Waals surface area contributed by atoms with E-state index in [9.17, 15) is 4.79 Å². The van der Waals surface area contributed by atoms with E-state index < -0.39 is 0 Å². The fourth-order valence-electron chi connectivity index (χ4n) is 3.26. The lowest BCUT2D eigenvalue weighted by molar-refractivity contribution is -0.116. The highest BCUT2D eigenvalue weighted by atomic mass is 32.2. The van der Waals surface area contributed by atoms with Crippen molar-refractivity contribution in [3.63, 3.8) is 0 Å². The smallest absolute Gasteiger partial charge is 0.161 e. The van der Waals surface area contributed by atoms with E-state index in [1.807, 2.05) is 6.07 Å². The highest BCUT2D eigenvalue weighted by Crippen LogP contribution is 2.35. The van der Waals surface area contributed by atoms with Crippen molar-refractivity contribution in [2.75, 3.05) is 19.0 Å². The van der Waals surface area contributed by atoms with Gasteiger partial charge in [-0.15, -0.1) is 11.8 Å². The summed E-state index contributed by atoms with van der Waals surface area (Å²) in [5, 5.41) is 0. The molecule has 0 spiro atoms. The minimum Gasteiger partial charge on any atom is -0.486 e. The minimum absolute atomic E-state index is 0.163. The standard InChI is InChI=1S/C13H16OS.C12H16O2/c1-13(2,3)10-4-5-12-9(6-10)7-11(14)8-15-12;1-12(2,3)9-4-5-10-11(8-9)14-7-6-13-10/h4-6H,7-8H2,1-3H3;4-5,8H,6-7H2,1-3H3. The minimum atomic E-state index is 0.163. The van der Waals surface area contributed by atoms with E-state index in [4.69, 9.17) is 9.47 Å². The maximum absolute atomic E-state index is 11.4. The Morgan fingerprint density at radius 1 is 0.793 bits per heavy atom. The average Bonchev–Trinajstić information content (AvgIpc) is 2.66. The van der Waals surface area contributed by atoms with Gasteiger partial charge in [0.2, 0.25) is 0 Å². The molecule has 0 amide bonds. The maximum atomic E-state index is 11.4. The molecule has 0 aromatic heterocycles. The van der Waals surface area contributed by atoms with Crippen LogP contribution >= 0.6 is 11.8 Å². The van der Waals surface area contributed by atoms with Gasteiger partial charge in [0.05, 0.1) is 5.75 Å². The molecule has 3 nitrogen and oxygen atoms in total. The summed E-state index contributed by atoms with van der Waals surface area (Å²) in [6, 6.07) is 12.7. The second-order valence-electron chi connectivity index (χ2n) is 9.69. The lowest BCUT2D eigenvalue weighted by Crippen LogP contribution is -2.17. The van der Waals surface area contributed by atoms with Gasteiger partial charge in [0.25, 0.3) is 0 Å². The number of benzene rings is 2. The summed E-state index contributed by atoms with van der Waals surface area (Å²) in [7, 11) is 0. The number of Topliss-reactive ketones (excluding diaryl/α,β-unsaturated/α-hetero) is 1. The SMILES string of the molecule is CC(C)(C)c1ccc2c(c1)CC(=O)CS2.CC(C)(C)c1ccc2c(c1)OCCO2. The van der Waals surface area contributed by atoms with Gasteiger partial charge in [0.1, 0.15) is 19.0 Å². The molecule has 2 aromatic carbocycles. The van der Waals surface area contributed by atoms with Crippen molar-refractivity contribution in [2.24, 2.45) is 0 Å². The lowest BCUT2D eigenvalue weighted by atomic mass is 9.86. The summed E-state index contributed by atoms with van der Waals surface area (Å²) in [6.45, 7) is 14.5. The molecule has 2 heterocycles. The van der Waals surface area contributed by atoms with Crippen molar-refractivity contribution in [1.29, 1.82) is 0 Å². The number of carbonyl (C=O) groups is 1. The van der Waals surface area contributed by atoms with Gasteiger partial charge < -0.3 is 9.47 Å². The molecule has 0 radical (unpaired) electrons. The van der Waals surface area contributed by atoms with Crippen LogP contribution in [0.5, 0.6) is 11.5 Å². The summed E-state index contributed by atoms with van der Waals surface area (Å²) in [4.78, 5) is 12.6. The van der Waals surface area contributed by atoms with E-state index in [0.29, 0.717) is 31.2 Å². The Morgan fingerprint density at radius 2 is 1.38 bits per heavy atom. The highest BCUT2D eigenvalue weighted by Gasteiger charge is 2.20. The summed E-state index contributed by atoms with van der Waals surface area (Å²) in [5.74, 6) is 2.73. The van der Waals surface area contributed by atoms with E-state index in [1.165, 1.54) is 21.6 Å². The molecule has 0 fully saturated rings. The van der Waals surface area contributed by atoms with Crippen molar-refractivity contribution in [2.45, 2.75) is 63.7 Å². The number of thioether (sulfide) groups is 1. The first-order valence-electron chi connectivity index (χ1n) is 10.2. The van der Waals surface area contributed by atoms with Crippen LogP contribution in [0.3, 0.4) is 0 Å². The topological polar surface area (TPSA) is 35.5 Å². The zero-order valence-corrected chi connectivity index (χ0v) is 19.2. The predicted octanol–water partition coefficient (Wildman–Crippen LogP) is 5.96. The van der Waals surface area contributed by atoms with Crippen LogP contribution in [0.25, 0.3) is 0 Å². The number of rotatable bonds is 0. The molecule has 2 aromatic rings.